The van der Waals surface area contributed by atoms with E-state index in [9.17, 15) is 9.00 Å². The van der Waals surface area contributed by atoms with Gasteiger partial charge in [0.25, 0.3) is 5.91 Å². The van der Waals surface area contributed by atoms with Crippen molar-refractivity contribution in [1.29, 1.82) is 0 Å². The van der Waals surface area contributed by atoms with Gasteiger partial charge in [-0.2, -0.15) is 5.10 Å². The number of carbonyl (C=O) groups excluding carboxylic acids is 1. The predicted octanol–water partition coefficient (Wildman–Crippen LogP) is 4.16. The minimum absolute atomic E-state index is 0.251. The fourth-order valence-electron chi connectivity index (χ4n) is 3.18. The summed E-state index contributed by atoms with van der Waals surface area (Å²) in [6, 6.07) is 12.7. The van der Waals surface area contributed by atoms with Crippen molar-refractivity contribution in [3.8, 4) is 5.69 Å². The minimum Gasteiger partial charge on any atom is -0.306 e. The van der Waals surface area contributed by atoms with Crippen LogP contribution in [0, 0.1) is 13.8 Å². The van der Waals surface area contributed by atoms with Crippen LogP contribution in [0.2, 0.25) is 5.02 Å². The van der Waals surface area contributed by atoms with Gasteiger partial charge in [-0.15, -0.1) is 0 Å². The van der Waals surface area contributed by atoms with Crippen LogP contribution in [-0.2, 0) is 22.3 Å². The van der Waals surface area contributed by atoms with E-state index in [4.69, 9.17) is 11.6 Å². The number of carbonyl (C=O) groups is 1. The molecule has 138 valence electrons. The summed E-state index contributed by atoms with van der Waals surface area (Å²) in [6.45, 7) is 4.07. The number of rotatable bonds is 3. The summed E-state index contributed by atoms with van der Waals surface area (Å²) < 4.78 is 13.8. The first-order valence-corrected chi connectivity index (χ1v) is 10.4. The van der Waals surface area contributed by atoms with Crippen molar-refractivity contribution >= 4 is 34.1 Å². The van der Waals surface area contributed by atoms with Crippen LogP contribution in [-0.4, -0.2) is 19.9 Å². The third kappa shape index (κ3) is 3.31. The van der Waals surface area contributed by atoms with Gasteiger partial charge in [0.05, 0.1) is 22.9 Å². The van der Waals surface area contributed by atoms with Crippen LogP contribution in [0.4, 0.5) is 5.82 Å². The van der Waals surface area contributed by atoms with Crippen molar-refractivity contribution in [3.63, 3.8) is 0 Å². The van der Waals surface area contributed by atoms with Crippen molar-refractivity contribution in [1.82, 2.24) is 9.78 Å². The van der Waals surface area contributed by atoms with E-state index >= 15 is 0 Å². The lowest BCUT2D eigenvalue weighted by molar-refractivity contribution is 0.102. The van der Waals surface area contributed by atoms with Crippen molar-refractivity contribution in [2.24, 2.45) is 0 Å². The molecule has 0 aliphatic carbocycles. The maximum atomic E-state index is 12.8. The van der Waals surface area contributed by atoms with Gasteiger partial charge in [-0.3, -0.25) is 9.00 Å². The molecule has 2 heterocycles. The summed E-state index contributed by atoms with van der Waals surface area (Å²) in [7, 11) is -0.980. The summed E-state index contributed by atoms with van der Waals surface area (Å²) >= 11 is 5.91. The minimum atomic E-state index is -0.980. The van der Waals surface area contributed by atoms with E-state index in [0.717, 1.165) is 28.1 Å². The number of benzene rings is 2. The smallest absolute Gasteiger partial charge is 0.256 e. The Labute approximate surface area is 164 Å². The number of anilines is 1. The topological polar surface area (TPSA) is 64.0 Å². The number of aromatic nitrogens is 2. The number of halogens is 1. The number of nitrogens with zero attached hydrogens (tertiary/aromatic N) is 2. The first-order valence-electron chi connectivity index (χ1n) is 8.53. The Morgan fingerprint density at radius 1 is 1.15 bits per heavy atom. The van der Waals surface area contributed by atoms with E-state index in [0.29, 0.717) is 27.9 Å². The van der Waals surface area contributed by atoms with Crippen LogP contribution < -0.4 is 5.32 Å². The number of aryl methyl sites for hydroxylation is 1. The second kappa shape index (κ2) is 6.94. The molecule has 1 amide bonds. The highest BCUT2D eigenvalue weighted by Gasteiger charge is 2.29. The Balaban J connectivity index is 1.79. The zero-order valence-electron chi connectivity index (χ0n) is 15.0. The molecule has 0 saturated carbocycles. The first kappa shape index (κ1) is 17.9. The normalized spacial score (nSPS) is 15.6. The monoisotopic (exact) mass is 399 g/mol. The molecule has 27 heavy (non-hydrogen) atoms. The highest BCUT2D eigenvalue weighted by molar-refractivity contribution is 7.83. The molecule has 2 aromatic carbocycles. The maximum absolute atomic E-state index is 12.8. The average molecular weight is 400 g/mol. The predicted molar refractivity (Wildman–Crippen MR) is 108 cm³/mol. The molecular formula is C20H18ClN3O2S. The third-order valence-corrected chi connectivity index (χ3v) is 6.27. The van der Waals surface area contributed by atoms with Crippen molar-refractivity contribution < 1.29 is 9.00 Å². The Bertz CT molecular complexity index is 1070. The molecule has 7 heteroatoms. The van der Waals surface area contributed by atoms with Gasteiger partial charge in [-0.05, 0) is 55.3 Å². The lowest BCUT2D eigenvalue weighted by Gasteiger charge is -2.14. The molecule has 1 aliphatic heterocycles. The van der Waals surface area contributed by atoms with E-state index in [1.54, 1.807) is 28.9 Å². The summed E-state index contributed by atoms with van der Waals surface area (Å²) in [5.41, 5.74) is 5.25. The van der Waals surface area contributed by atoms with Gasteiger partial charge in [-0.25, -0.2) is 4.68 Å². The van der Waals surface area contributed by atoms with Crippen LogP contribution >= 0.6 is 11.6 Å². The van der Waals surface area contributed by atoms with Crippen LogP contribution in [0.25, 0.3) is 5.69 Å². The Morgan fingerprint density at radius 2 is 1.89 bits per heavy atom. The zero-order valence-corrected chi connectivity index (χ0v) is 16.5. The van der Waals surface area contributed by atoms with E-state index in [1.165, 1.54) is 0 Å². The van der Waals surface area contributed by atoms with Gasteiger partial charge in [0.15, 0.2) is 0 Å². The van der Waals surface area contributed by atoms with Crippen LogP contribution in [0.5, 0.6) is 0 Å². The van der Waals surface area contributed by atoms with Crippen molar-refractivity contribution in [2.75, 3.05) is 5.32 Å². The standard InChI is InChI=1S/C20H18ClN3O2S/c1-12-4-3-5-18(13(12)2)24-19(16-10-27(26)11-17(16)23-24)22-20(25)14-6-8-15(21)9-7-14/h3-9H,10-11H2,1-2H3,(H,22,25). The molecule has 1 aliphatic rings. The van der Waals surface area contributed by atoms with E-state index in [2.05, 4.69) is 10.4 Å². The lowest BCUT2D eigenvalue weighted by atomic mass is 10.1. The van der Waals surface area contributed by atoms with E-state index < -0.39 is 10.8 Å². The average Bonchev–Trinajstić information content (AvgIpc) is 3.15. The van der Waals surface area contributed by atoms with Crippen LogP contribution in [0.1, 0.15) is 32.7 Å². The quantitative estimate of drug-likeness (QED) is 0.719. The van der Waals surface area contributed by atoms with E-state index in [1.807, 2.05) is 32.0 Å². The Hall–Kier alpha value is -2.44. The van der Waals surface area contributed by atoms with E-state index in [-0.39, 0.29) is 5.91 Å². The molecule has 1 atom stereocenters. The molecule has 0 radical (unpaired) electrons. The second-order valence-electron chi connectivity index (χ2n) is 6.59. The Morgan fingerprint density at radius 3 is 2.63 bits per heavy atom. The maximum Gasteiger partial charge on any atom is 0.256 e. The number of hydrogen-bond donors (Lipinski definition) is 1. The largest absolute Gasteiger partial charge is 0.306 e. The van der Waals surface area contributed by atoms with Gasteiger partial charge >= 0.3 is 0 Å². The highest BCUT2D eigenvalue weighted by atomic mass is 35.5. The number of nitrogens with one attached hydrogen (secondary N) is 1. The lowest BCUT2D eigenvalue weighted by Crippen LogP contribution is -2.17. The Kier molecular flexibility index (Phi) is 4.61. The number of fused-ring (bicyclic) bond motifs is 1. The fraction of sp³-hybridized carbons (Fsp3) is 0.200. The highest BCUT2D eigenvalue weighted by Crippen LogP contribution is 2.33. The van der Waals surface area contributed by atoms with Crippen LogP contribution in [0.3, 0.4) is 0 Å². The third-order valence-electron chi connectivity index (χ3n) is 4.81. The molecule has 0 bridgehead atoms. The summed E-state index contributed by atoms with van der Waals surface area (Å²) in [5, 5.41) is 8.21. The molecular weight excluding hydrogens is 382 g/mol. The molecule has 1 aromatic heterocycles. The SMILES string of the molecule is Cc1cccc(-n2nc3c(c2NC(=O)c2ccc(Cl)cc2)CS(=O)C3)c1C. The molecule has 0 fully saturated rings. The summed E-state index contributed by atoms with van der Waals surface area (Å²) in [4.78, 5) is 12.8. The molecule has 0 saturated heterocycles. The molecule has 3 aromatic rings. The summed E-state index contributed by atoms with van der Waals surface area (Å²) in [5.74, 6) is 1.15. The van der Waals surface area contributed by atoms with Gasteiger partial charge in [0, 0.05) is 26.9 Å². The molecule has 1 unspecified atom stereocenters. The molecule has 5 nitrogen and oxygen atoms in total. The van der Waals surface area contributed by atoms with Crippen LogP contribution in [0.15, 0.2) is 42.5 Å². The van der Waals surface area contributed by atoms with Gasteiger partial charge < -0.3 is 5.32 Å². The zero-order chi connectivity index (χ0) is 19.1. The summed E-state index contributed by atoms with van der Waals surface area (Å²) in [6.07, 6.45) is 0. The molecule has 4 rings (SSSR count). The second-order valence-corrected chi connectivity index (χ2v) is 8.49. The number of amides is 1. The van der Waals surface area contributed by atoms with Crippen molar-refractivity contribution in [3.05, 3.63) is 75.4 Å². The van der Waals surface area contributed by atoms with Crippen molar-refractivity contribution in [2.45, 2.75) is 25.4 Å². The molecule has 1 N–H and O–H groups in total. The first-order chi connectivity index (χ1) is 12.9. The van der Waals surface area contributed by atoms with Gasteiger partial charge in [0.2, 0.25) is 0 Å². The molecule has 0 spiro atoms. The van der Waals surface area contributed by atoms with Gasteiger partial charge in [0.1, 0.15) is 5.82 Å². The fourth-order valence-corrected chi connectivity index (χ4v) is 4.57. The van der Waals surface area contributed by atoms with Gasteiger partial charge in [-0.1, -0.05) is 23.7 Å². The number of hydrogen-bond acceptors (Lipinski definition) is 3.